The minimum atomic E-state index is 0.644. The maximum Gasteiger partial charge on any atom is 0.0635 e. The number of aryl methyl sites for hydroxylation is 1. The summed E-state index contributed by atoms with van der Waals surface area (Å²) in [4.78, 5) is 4.81. The van der Waals surface area contributed by atoms with Crippen LogP contribution in [0.3, 0.4) is 0 Å². The molecular formula is C15H21N3. The highest BCUT2D eigenvalue weighted by Crippen LogP contribution is 2.17. The van der Waals surface area contributed by atoms with Gasteiger partial charge in [0.2, 0.25) is 0 Å². The minimum absolute atomic E-state index is 0.644. The fourth-order valence-electron chi connectivity index (χ4n) is 2.38. The van der Waals surface area contributed by atoms with Crippen molar-refractivity contribution in [3.63, 3.8) is 0 Å². The fourth-order valence-corrected chi connectivity index (χ4v) is 2.38. The van der Waals surface area contributed by atoms with E-state index < -0.39 is 0 Å². The van der Waals surface area contributed by atoms with Crippen LogP contribution in [-0.2, 0) is 6.42 Å². The smallest absolute Gasteiger partial charge is 0.0635 e. The van der Waals surface area contributed by atoms with Gasteiger partial charge in [0.1, 0.15) is 0 Å². The van der Waals surface area contributed by atoms with Crippen LogP contribution in [-0.4, -0.2) is 37.6 Å². The summed E-state index contributed by atoms with van der Waals surface area (Å²) in [6.45, 7) is 7.37. The van der Waals surface area contributed by atoms with Gasteiger partial charge < -0.3 is 4.90 Å². The van der Waals surface area contributed by atoms with Crippen LogP contribution >= 0.6 is 0 Å². The van der Waals surface area contributed by atoms with Gasteiger partial charge in [-0.25, -0.2) is 0 Å². The lowest BCUT2D eigenvalue weighted by Gasteiger charge is -2.35. The first-order valence-electron chi connectivity index (χ1n) is 6.76. The molecule has 0 saturated carbocycles. The third-order valence-electron chi connectivity index (χ3n) is 3.62. The van der Waals surface area contributed by atoms with Crippen LogP contribution in [0.5, 0.6) is 0 Å². The third-order valence-corrected chi connectivity index (χ3v) is 3.62. The molecule has 0 unspecified atom stereocenters. The van der Waals surface area contributed by atoms with E-state index in [-0.39, 0.29) is 0 Å². The second kappa shape index (κ2) is 6.42. The number of nitriles is 1. The molecule has 0 spiro atoms. The summed E-state index contributed by atoms with van der Waals surface area (Å²) in [6, 6.07) is 11.1. The molecule has 0 aliphatic carbocycles. The molecule has 0 radical (unpaired) electrons. The van der Waals surface area contributed by atoms with Gasteiger partial charge in [-0.1, -0.05) is 19.1 Å². The molecule has 2 rings (SSSR count). The second-order valence-electron chi connectivity index (χ2n) is 4.76. The Morgan fingerprint density at radius 1 is 1.11 bits per heavy atom. The van der Waals surface area contributed by atoms with Crippen molar-refractivity contribution in [1.82, 2.24) is 4.90 Å². The van der Waals surface area contributed by atoms with Crippen molar-refractivity contribution in [2.45, 2.75) is 19.8 Å². The lowest BCUT2D eigenvalue weighted by Crippen LogP contribution is -2.46. The number of anilines is 1. The Kier molecular flexibility index (Phi) is 4.60. The zero-order valence-corrected chi connectivity index (χ0v) is 11.1. The van der Waals surface area contributed by atoms with E-state index in [1.165, 1.54) is 11.3 Å². The van der Waals surface area contributed by atoms with Crippen molar-refractivity contribution in [2.75, 3.05) is 37.6 Å². The van der Waals surface area contributed by atoms with E-state index in [0.29, 0.717) is 6.42 Å². The zero-order valence-electron chi connectivity index (χ0n) is 11.1. The van der Waals surface area contributed by atoms with Crippen LogP contribution in [0.25, 0.3) is 0 Å². The van der Waals surface area contributed by atoms with Gasteiger partial charge in [-0.05, 0) is 24.1 Å². The van der Waals surface area contributed by atoms with Gasteiger partial charge in [-0.2, -0.15) is 5.26 Å². The number of benzene rings is 1. The first kappa shape index (κ1) is 12.9. The van der Waals surface area contributed by atoms with Gasteiger partial charge in [0, 0.05) is 44.8 Å². The SMILES string of the molecule is CCc1ccc(N2CCN(CCC#N)CC2)cc1. The molecular weight excluding hydrogens is 222 g/mol. The first-order valence-corrected chi connectivity index (χ1v) is 6.76. The standard InChI is InChI=1S/C15H21N3/c1-2-14-4-6-15(7-5-14)18-12-10-17(11-13-18)9-3-8-16/h4-7H,2-3,9-13H2,1H3. The van der Waals surface area contributed by atoms with E-state index in [9.17, 15) is 0 Å². The normalized spacial score (nSPS) is 16.6. The monoisotopic (exact) mass is 243 g/mol. The number of hydrogen-bond donors (Lipinski definition) is 0. The second-order valence-corrected chi connectivity index (χ2v) is 4.76. The van der Waals surface area contributed by atoms with Crippen molar-refractivity contribution in [3.05, 3.63) is 29.8 Å². The zero-order chi connectivity index (χ0) is 12.8. The van der Waals surface area contributed by atoms with E-state index in [4.69, 9.17) is 5.26 Å². The highest BCUT2D eigenvalue weighted by molar-refractivity contribution is 5.48. The van der Waals surface area contributed by atoms with Crippen molar-refractivity contribution in [1.29, 1.82) is 5.26 Å². The molecule has 1 aliphatic rings. The Hall–Kier alpha value is -1.53. The predicted molar refractivity (Wildman–Crippen MR) is 74.7 cm³/mol. The molecule has 18 heavy (non-hydrogen) atoms. The van der Waals surface area contributed by atoms with Gasteiger partial charge in [-0.15, -0.1) is 0 Å². The van der Waals surface area contributed by atoms with Crippen LogP contribution < -0.4 is 4.90 Å². The molecule has 1 saturated heterocycles. The molecule has 1 aliphatic heterocycles. The van der Waals surface area contributed by atoms with E-state index >= 15 is 0 Å². The molecule has 3 heteroatoms. The number of piperazine rings is 1. The Bertz CT molecular complexity index is 397. The van der Waals surface area contributed by atoms with Gasteiger partial charge in [0.15, 0.2) is 0 Å². The predicted octanol–water partition coefficient (Wildman–Crippen LogP) is 2.28. The summed E-state index contributed by atoms with van der Waals surface area (Å²) in [5.74, 6) is 0. The third kappa shape index (κ3) is 3.24. The average Bonchev–Trinajstić information content (AvgIpc) is 2.46. The summed E-state index contributed by atoms with van der Waals surface area (Å²) < 4.78 is 0. The van der Waals surface area contributed by atoms with E-state index in [1.807, 2.05) is 0 Å². The molecule has 3 nitrogen and oxygen atoms in total. The average molecular weight is 243 g/mol. The molecule has 0 aromatic heterocycles. The minimum Gasteiger partial charge on any atom is -0.369 e. The van der Waals surface area contributed by atoms with E-state index in [1.54, 1.807) is 0 Å². The van der Waals surface area contributed by atoms with Crippen LogP contribution in [0.2, 0.25) is 0 Å². The largest absolute Gasteiger partial charge is 0.369 e. The Labute approximate surface area is 110 Å². The van der Waals surface area contributed by atoms with Gasteiger partial charge >= 0.3 is 0 Å². The molecule has 1 aromatic carbocycles. The van der Waals surface area contributed by atoms with Gasteiger partial charge in [0.25, 0.3) is 0 Å². The van der Waals surface area contributed by atoms with Gasteiger partial charge in [-0.3, -0.25) is 4.90 Å². The number of nitrogens with zero attached hydrogens (tertiary/aromatic N) is 3. The van der Waals surface area contributed by atoms with Crippen molar-refractivity contribution in [2.24, 2.45) is 0 Å². The first-order chi connectivity index (χ1) is 8.83. The molecule has 0 bridgehead atoms. The maximum absolute atomic E-state index is 8.59. The fraction of sp³-hybridized carbons (Fsp3) is 0.533. The topological polar surface area (TPSA) is 30.3 Å². The molecule has 0 amide bonds. The number of rotatable bonds is 4. The van der Waals surface area contributed by atoms with Crippen molar-refractivity contribution in [3.8, 4) is 6.07 Å². The Morgan fingerprint density at radius 2 is 1.78 bits per heavy atom. The quantitative estimate of drug-likeness (QED) is 0.812. The summed E-state index contributed by atoms with van der Waals surface area (Å²) in [5.41, 5.74) is 2.72. The highest BCUT2D eigenvalue weighted by Gasteiger charge is 2.16. The van der Waals surface area contributed by atoms with Crippen LogP contribution in [0.15, 0.2) is 24.3 Å². The Morgan fingerprint density at radius 3 is 2.33 bits per heavy atom. The van der Waals surface area contributed by atoms with Gasteiger partial charge in [0.05, 0.1) is 6.07 Å². The van der Waals surface area contributed by atoms with Crippen LogP contribution in [0.1, 0.15) is 18.9 Å². The van der Waals surface area contributed by atoms with Crippen LogP contribution in [0.4, 0.5) is 5.69 Å². The lowest BCUT2D eigenvalue weighted by atomic mass is 10.1. The molecule has 1 aromatic rings. The summed E-state index contributed by atoms with van der Waals surface area (Å²) in [5, 5.41) is 8.59. The maximum atomic E-state index is 8.59. The van der Waals surface area contributed by atoms with Crippen molar-refractivity contribution < 1.29 is 0 Å². The van der Waals surface area contributed by atoms with E-state index in [0.717, 1.165) is 39.1 Å². The number of hydrogen-bond acceptors (Lipinski definition) is 3. The highest BCUT2D eigenvalue weighted by atomic mass is 15.3. The molecule has 0 N–H and O–H groups in total. The molecule has 0 atom stereocenters. The lowest BCUT2D eigenvalue weighted by molar-refractivity contribution is 0.263. The summed E-state index contributed by atoms with van der Waals surface area (Å²) in [7, 11) is 0. The molecule has 1 heterocycles. The Balaban J connectivity index is 1.87. The van der Waals surface area contributed by atoms with E-state index in [2.05, 4.69) is 47.1 Å². The molecule has 96 valence electrons. The summed E-state index contributed by atoms with van der Waals surface area (Å²) in [6.07, 6.45) is 1.74. The van der Waals surface area contributed by atoms with Crippen LogP contribution in [0, 0.1) is 11.3 Å². The molecule has 1 fully saturated rings. The van der Waals surface area contributed by atoms with Crippen molar-refractivity contribution >= 4 is 5.69 Å². The summed E-state index contributed by atoms with van der Waals surface area (Å²) >= 11 is 0.